The second-order valence-electron chi connectivity index (χ2n) is 12.4. The number of rotatable bonds is 5. The smallest absolute Gasteiger partial charge is 0.235 e. The number of fused-ring (bicyclic) bond motifs is 6. The van der Waals surface area contributed by atoms with Gasteiger partial charge in [-0.3, -0.25) is 9.13 Å². The zero-order valence-corrected chi connectivity index (χ0v) is 26.8. The molecule has 10 rings (SSSR count). The zero-order valence-electron chi connectivity index (χ0n) is 26.8. The molecule has 0 spiro atoms. The Morgan fingerprint density at radius 3 is 1.28 bits per heavy atom. The molecule has 6 aromatic carbocycles. The van der Waals surface area contributed by atoms with Gasteiger partial charge >= 0.3 is 0 Å². The minimum atomic E-state index is 0.613. The van der Waals surface area contributed by atoms with Crippen molar-refractivity contribution in [1.29, 1.82) is 0 Å². The van der Waals surface area contributed by atoms with E-state index in [2.05, 4.69) is 112 Å². The fourth-order valence-corrected chi connectivity index (χ4v) is 7.13. The first-order chi connectivity index (χ1) is 24.8. The van der Waals surface area contributed by atoms with E-state index in [1.54, 1.807) is 0 Å². The molecule has 6 nitrogen and oxygen atoms in total. The topological polar surface area (TPSA) is 61.4 Å². The average Bonchev–Trinajstić information content (AvgIpc) is 3.70. The summed E-state index contributed by atoms with van der Waals surface area (Å²) in [5, 5.41) is 4.55. The second-order valence-corrected chi connectivity index (χ2v) is 12.4. The Morgan fingerprint density at radius 1 is 0.320 bits per heavy atom. The lowest BCUT2D eigenvalue weighted by Crippen LogP contribution is -2.04. The number of hydrogen-bond acceptors (Lipinski definition) is 4. The Morgan fingerprint density at radius 2 is 0.760 bits per heavy atom. The van der Waals surface area contributed by atoms with Gasteiger partial charge in [0, 0.05) is 50.6 Å². The van der Waals surface area contributed by atoms with Crippen LogP contribution in [0.3, 0.4) is 0 Å². The quantitative estimate of drug-likeness (QED) is 0.188. The Bertz CT molecular complexity index is 2780. The lowest BCUT2D eigenvalue weighted by molar-refractivity contribution is 0.985. The molecular formula is C44H28N6. The molecule has 4 aromatic heterocycles. The highest BCUT2D eigenvalue weighted by atomic mass is 15.2. The molecule has 0 amide bonds. The Kier molecular flexibility index (Phi) is 6.39. The van der Waals surface area contributed by atoms with Gasteiger partial charge in [-0.05, 0) is 35.9 Å². The maximum Gasteiger partial charge on any atom is 0.235 e. The third-order valence-electron chi connectivity index (χ3n) is 9.46. The van der Waals surface area contributed by atoms with Crippen LogP contribution in [0.4, 0.5) is 0 Å². The van der Waals surface area contributed by atoms with Crippen LogP contribution in [0.25, 0.3) is 89.2 Å². The lowest BCUT2D eigenvalue weighted by atomic mass is 10.1. The van der Waals surface area contributed by atoms with Crippen LogP contribution in [-0.4, -0.2) is 29.1 Å². The molecule has 0 radical (unpaired) electrons. The number of nitrogens with zero attached hydrogens (tertiary/aromatic N) is 6. The number of hydrogen-bond donors (Lipinski definition) is 0. The standard InChI is InChI=1S/C44H28N6/c1-4-14-29(15-5-1)32-27-45-43(46-28-32)49-39-22-12-10-20-33(39)35-24-36-34-21-11-13-23-40(34)50(42(36)26-41(35)49)44-47-37(30-16-6-2-7-17-30)25-38(48-44)31-18-8-3-9-19-31/h1-28H. The molecule has 0 saturated heterocycles. The summed E-state index contributed by atoms with van der Waals surface area (Å²) >= 11 is 0. The van der Waals surface area contributed by atoms with Gasteiger partial charge in [-0.15, -0.1) is 0 Å². The van der Waals surface area contributed by atoms with Gasteiger partial charge in [0.15, 0.2) is 0 Å². The van der Waals surface area contributed by atoms with E-state index in [-0.39, 0.29) is 0 Å². The summed E-state index contributed by atoms with van der Waals surface area (Å²) in [7, 11) is 0. The van der Waals surface area contributed by atoms with Crippen LogP contribution >= 0.6 is 0 Å². The van der Waals surface area contributed by atoms with Crippen molar-refractivity contribution in [3.63, 3.8) is 0 Å². The molecule has 234 valence electrons. The summed E-state index contributed by atoms with van der Waals surface area (Å²) in [6.07, 6.45) is 3.81. The minimum absolute atomic E-state index is 0.613. The molecule has 0 aliphatic carbocycles. The number of aromatic nitrogens is 6. The zero-order chi connectivity index (χ0) is 33.0. The van der Waals surface area contributed by atoms with Crippen molar-refractivity contribution in [2.75, 3.05) is 0 Å². The van der Waals surface area contributed by atoms with E-state index in [1.807, 2.05) is 67.0 Å². The molecular weight excluding hydrogens is 613 g/mol. The predicted octanol–water partition coefficient (Wildman–Crippen LogP) is 10.5. The van der Waals surface area contributed by atoms with Gasteiger partial charge in [-0.25, -0.2) is 19.9 Å². The van der Waals surface area contributed by atoms with Crippen LogP contribution < -0.4 is 0 Å². The largest absolute Gasteiger partial charge is 0.278 e. The van der Waals surface area contributed by atoms with Gasteiger partial charge in [0.05, 0.1) is 33.5 Å². The summed E-state index contributed by atoms with van der Waals surface area (Å²) in [6, 6.07) is 54.5. The van der Waals surface area contributed by atoms with Gasteiger partial charge in [0.2, 0.25) is 11.9 Å². The van der Waals surface area contributed by atoms with E-state index < -0.39 is 0 Å². The van der Waals surface area contributed by atoms with Crippen LogP contribution in [0, 0.1) is 0 Å². The van der Waals surface area contributed by atoms with Crippen molar-refractivity contribution >= 4 is 43.6 Å². The van der Waals surface area contributed by atoms with E-state index in [1.165, 1.54) is 0 Å². The van der Waals surface area contributed by atoms with Crippen molar-refractivity contribution in [2.24, 2.45) is 0 Å². The van der Waals surface area contributed by atoms with E-state index >= 15 is 0 Å². The molecule has 6 heteroatoms. The highest BCUT2D eigenvalue weighted by molar-refractivity contribution is 6.19. The van der Waals surface area contributed by atoms with Gasteiger partial charge in [0.1, 0.15) is 0 Å². The van der Waals surface area contributed by atoms with Crippen molar-refractivity contribution in [1.82, 2.24) is 29.1 Å². The van der Waals surface area contributed by atoms with E-state index in [0.29, 0.717) is 11.9 Å². The molecule has 0 unspecified atom stereocenters. The SMILES string of the molecule is c1ccc(-c2cnc(-n3c4ccccc4c4cc5c6ccccc6n(-c6nc(-c7ccccc7)cc(-c7ccccc7)n6)c5cc43)nc2)cc1. The Balaban J connectivity index is 1.26. The van der Waals surface area contributed by atoms with Crippen molar-refractivity contribution in [3.8, 4) is 45.5 Å². The first kappa shape index (κ1) is 28.1. The molecule has 10 aromatic rings. The normalized spacial score (nSPS) is 11.6. The minimum Gasteiger partial charge on any atom is -0.278 e. The van der Waals surface area contributed by atoms with E-state index in [9.17, 15) is 0 Å². The molecule has 0 fully saturated rings. The molecule has 4 heterocycles. The summed E-state index contributed by atoms with van der Waals surface area (Å²) in [4.78, 5) is 20.3. The fraction of sp³-hybridized carbons (Fsp3) is 0. The van der Waals surface area contributed by atoms with Crippen molar-refractivity contribution < 1.29 is 0 Å². The van der Waals surface area contributed by atoms with Crippen LogP contribution in [0.2, 0.25) is 0 Å². The summed E-state index contributed by atoms with van der Waals surface area (Å²) in [5.41, 5.74) is 9.96. The maximum atomic E-state index is 5.23. The van der Waals surface area contributed by atoms with Crippen LogP contribution in [-0.2, 0) is 0 Å². The van der Waals surface area contributed by atoms with Crippen LogP contribution in [0.5, 0.6) is 0 Å². The highest BCUT2D eigenvalue weighted by Gasteiger charge is 2.21. The highest BCUT2D eigenvalue weighted by Crippen LogP contribution is 2.39. The van der Waals surface area contributed by atoms with Gasteiger partial charge in [0.25, 0.3) is 0 Å². The second kappa shape index (κ2) is 11.4. The predicted molar refractivity (Wildman–Crippen MR) is 203 cm³/mol. The third kappa shape index (κ3) is 4.50. The molecule has 0 bridgehead atoms. The van der Waals surface area contributed by atoms with E-state index in [4.69, 9.17) is 19.9 Å². The molecule has 0 aliphatic heterocycles. The van der Waals surface area contributed by atoms with Crippen molar-refractivity contribution in [2.45, 2.75) is 0 Å². The average molecular weight is 641 g/mol. The maximum absolute atomic E-state index is 5.23. The molecule has 0 aliphatic rings. The number of para-hydroxylation sites is 2. The monoisotopic (exact) mass is 640 g/mol. The van der Waals surface area contributed by atoms with Crippen LogP contribution in [0.1, 0.15) is 0 Å². The first-order valence-electron chi connectivity index (χ1n) is 16.6. The van der Waals surface area contributed by atoms with E-state index in [0.717, 1.165) is 77.3 Å². The molecule has 0 saturated carbocycles. The van der Waals surface area contributed by atoms with Gasteiger partial charge in [-0.2, -0.15) is 0 Å². The van der Waals surface area contributed by atoms with Crippen LogP contribution in [0.15, 0.2) is 170 Å². The lowest BCUT2D eigenvalue weighted by Gasteiger charge is -2.12. The fourth-order valence-electron chi connectivity index (χ4n) is 7.13. The van der Waals surface area contributed by atoms with Gasteiger partial charge < -0.3 is 0 Å². The summed E-state index contributed by atoms with van der Waals surface area (Å²) < 4.78 is 4.36. The summed E-state index contributed by atoms with van der Waals surface area (Å²) in [5.74, 6) is 1.23. The number of benzene rings is 6. The van der Waals surface area contributed by atoms with Gasteiger partial charge in [-0.1, -0.05) is 127 Å². The summed E-state index contributed by atoms with van der Waals surface area (Å²) in [6.45, 7) is 0. The Labute approximate surface area is 287 Å². The van der Waals surface area contributed by atoms with Crippen molar-refractivity contribution in [3.05, 3.63) is 170 Å². The Hall–Kier alpha value is -6.92. The molecule has 50 heavy (non-hydrogen) atoms. The molecule has 0 N–H and O–H groups in total. The third-order valence-corrected chi connectivity index (χ3v) is 9.46. The molecule has 0 atom stereocenters. The first-order valence-corrected chi connectivity index (χ1v) is 16.6.